The highest BCUT2D eigenvalue weighted by molar-refractivity contribution is 5.62. The number of carboxylic acids is 1. The van der Waals surface area contributed by atoms with Crippen LogP contribution in [0.4, 0.5) is 0 Å². The number of carboxylic acid groups (broad SMARTS) is 1. The Hall–Kier alpha value is -0.570. The van der Waals surface area contributed by atoms with Gasteiger partial charge in [-0.1, -0.05) is 13.8 Å². The molecule has 0 aromatic heterocycles. The predicted molar refractivity (Wildman–Crippen MR) is 34.8 cm³/mol. The summed E-state index contributed by atoms with van der Waals surface area (Å²) in [6.07, 6.45) is 0. The summed E-state index contributed by atoms with van der Waals surface area (Å²) in [5, 5.41) is 7.42. The lowest BCUT2D eigenvalue weighted by Gasteiger charge is -1.59. The molecule has 0 spiro atoms. The zero-order valence-electron chi connectivity index (χ0n) is 5.93. The Morgan fingerprint density at radius 2 is 1.38 bits per heavy atom. The Balaban J connectivity index is -0.0000000542. The number of aliphatic carboxylic acids is 1. The van der Waals surface area contributed by atoms with Gasteiger partial charge in [-0.3, -0.25) is 4.79 Å². The molecule has 0 heterocycles. The van der Waals surface area contributed by atoms with Crippen molar-refractivity contribution in [1.29, 1.82) is 0 Å². The average Bonchev–Trinajstić information content (AvgIpc) is 1.75. The van der Waals surface area contributed by atoms with E-state index in [2.05, 4.69) is 5.73 Å². The third-order valence-electron chi connectivity index (χ3n) is 0. The topological polar surface area (TPSA) is 63.3 Å². The first-order chi connectivity index (χ1) is 3.73. The molecule has 0 fully saturated rings. The first-order valence-electron chi connectivity index (χ1n) is 2.51. The third kappa shape index (κ3) is 328. The number of hydrogen-bond donors (Lipinski definition) is 2. The monoisotopic (exact) mass is 121 g/mol. The van der Waals surface area contributed by atoms with Gasteiger partial charge >= 0.3 is 0 Å². The van der Waals surface area contributed by atoms with E-state index in [1.807, 2.05) is 13.8 Å². The minimum Gasteiger partial charge on any atom is -0.481 e. The molecule has 3 heteroatoms. The minimum absolute atomic E-state index is 0.833. The first-order valence-corrected chi connectivity index (χ1v) is 2.51. The van der Waals surface area contributed by atoms with E-state index >= 15 is 0 Å². The molecule has 0 aromatic rings. The lowest BCUT2D eigenvalue weighted by Crippen LogP contribution is -1.78. The van der Waals surface area contributed by atoms with Crippen LogP contribution in [0.25, 0.3) is 0 Å². The van der Waals surface area contributed by atoms with Gasteiger partial charge in [0.05, 0.1) is 0 Å². The molecule has 0 aliphatic rings. The van der Waals surface area contributed by atoms with Crippen molar-refractivity contribution in [2.75, 3.05) is 7.05 Å². The van der Waals surface area contributed by atoms with E-state index < -0.39 is 5.97 Å². The normalized spacial score (nSPS) is 4.62. The second-order valence-corrected chi connectivity index (χ2v) is 0.519. The van der Waals surface area contributed by atoms with Gasteiger partial charge in [0, 0.05) is 6.92 Å². The van der Waals surface area contributed by atoms with Crippen molar-refractivity contribution < 1.29 is 9.90 Å². The Morgan fingerprint density at radius 1 is 1.38 bits per heavy atom. The molecule has 0 aromatic carbocycles. The van der Waals surface area contributed by atoms with Crippen molar-refractivity contribution in [3.8, 4) is 0 Å². The fourth-order valence-electron chi connectivity index (χ4n) is 0. The van der Waals surface area contributed by atoms with Crippen LogP contribution < -0.4 is 5.73 Å². The number of hydrogen-bond acceptors (Lipinski definition) is 2. The van der Waals surface area contributed by atoms with E-state index in [0.29, 0.717) is 0 Å². The summed E-state index contributed by atoms with van der Waals surface area (Å²) in [5.74, 6) is -0.833. The average molecular weight is 121 g/mol. The highest BCUT2D eigenvalue weighted by Gasteiger charge is 1.65. The van der Waals surface area contributed by atoms with Gasteiger partial charge < -0.3 is 10.8 Å². The molecule has 8 heavy (non-hydrogen) atoms. The molecule has 0 aliphatic carbocycles. The van der Waals surface area contributed by atoms with Gasteiger partial charge in [0.1, 0.15) is 0 Å². The largest absolute Gasteiger partial charge is 0.481 e. The van der Waals surface area contributed by atoms with E-state index in [-0.39, 0.29) is 0 Å². The smallest absolute Gasteiger partial charge is 0.300 e. The van der Waals surface area contributed by atoms with Crippen LogP contribution in [0.5, 0.6) is 0 Å². The Morgan fingerprint density at radius 3 is 1.38 bits per heavy atom. The second-order valence-electron chi connectivity index (χ2n) is 0.519. The van der Waals surface area contributed by atoms with Gasteiger partial charge in [-0.2, -0.15) is 0 Å². The molecule has 0 unspecified atom stereocenters. The summed E-state index contributed by atoms with van der Waals surface area (Å²) >= 11 is 0. The molecule has 0 amide bonds. The van der Waals surface area contributed by atoms with Crippen molar-refractivity contribution in [3.05, 3.63) is 0 Å². The first kappa shape index (κ1) is 15.7. The molecule has 0 saturated heterocycles. The van der Waals surface area contributed by atoms with Crippen molar-refractivity contribution in [3.63, 3.8) is 0 Å². The van der Waals surface area contributed by atoms with E-state index in [0.717, 1.165) is 6.92 Å². The zero-order chi connectivity index (χ0) is 7.58. The molecule has 0 aliphatic heterocycles. The summed E-state index contributed by atoms with van der Waals surface area (Å²) in [7, 11) is 1.50. The molecule has 0 radical (unpaired) electrons. The quantitative estimate of drug-likeness (QED) is 0.495. The minimum atomic E-state index is -0.833. The molecule has 3 nitrogen and oxygen atoms in total. The maximum Gasteiger partial charge on any atom is 0.300 e. The maximum atomic E-state index is 9.00. The third-order valence-corrected chi connectivity index (χ3v) is 0. The second kappa shape index (κ2) is 32.1. The van der Waals surface area contributed by atoms with Gasteiger partial charge in [-0.25, -0.2) is 0 Å². The maximum absolute atomic E-state index is 9.00. The lowest BCUT2D eigenvalue weighted by molar-refractivity contribution is -0.134. The molecule has 52 valence electrons. The van der Waals surface area contributed by atoms with Gasteiger partial charge in [0.25, 0.3) is 5.97 Å². The van der Waals surface area contributed by atoms with E-state index in [1.54, 1.807) is 0 Å². The summed E-state index contributed by atoms with van der Waals surface area (Å²) in [4.78, 5) is 9.00. The van der Waals surface area contributed by atoms with Crippen LogP contribution in [0.2, 0.25) is 0 Å². The summed E-state index contributed by atoms with van der Waals surface area (Å²) in [5.41, 5.74) is 4.50. The Labute approximate surface area is 50.5 Å². The van der Waals surface area contributed by atoms with Crippen molar-refractivity contribution >= 4 is 5.97 Å². The Kier molecular flexibility index (Phi) is 62.8. The van der Waals surface area contributed by atoms with Crippen LogP contribution in [0.15, 0.2) is 0 Å². The van der Waals surface area contributed by atoms with E-state index in [4.69, 9.17) is 9.90 Å². The summed E-state index contributed by atoms with van der Waals surface area (Å²) in [6.45, 7) is 5.08. The zero-order valence-corrected chi connectivity index (χ0v) is 5.93. The fourth-order valence-corrected chi connectivity index (χ4v) is 0. The van der Waals surface area contributed by atoms with Crippen LogP contribution in [0.1, 0.15) is 20.8 Å². The van der Waals surface area contributed by atoms with Crippen LogP contribution in [-0.4, -0.2) is 18.1 Å². The highest BCUT2D eigenvalue weighted by atomic mass is 16.4. The lowest BCUT2D eigenvalue weighted by atomic mass is 10.9. The standard InChI is InChI=1S/C2H4O2.C2H6.CH5N/c1-2(3)4;2*1-2/h1H3,(H,3,4);1-2H3;2H2,1H3. The molecule has 0 atom stereocenters. The molecule has 0 bridgehead atoms. The summed E-state index contributed by atoms with van der Waals surface area (Å²) < 4.78 is 0. The predicted octanol–water partition coefficient (Wildman–Crippen LogP) is 0.692. The molecular weight excluding hydrogens is 106 g/mol. The van der Waals surface area contributed by atoms with Crippen molar-refractivity contribution in [1.82, 2.24) is 0 Å². The Bertz CT molecular complexity index is 33.4. The molecule has 0 rings (SSSR count). The highest BCUT2D eigenvalue weighted by Crippen LogP contribution is 1.42. The van der Waals surface area contributed by atoms with E-state index in [1.165, 1.54) is 7.05 Å². The number of nitrogens with two attached hydrogens (primary N) is 1. The van der Waals surface area contributed by atoms with Crippen LogP contribution >= 0.6 is 0 Å². The van der Waals surface area contributed by atoms with Gasteiger partial charge in [0.15, 0.2) is 0 Å². The van der Waals surface area contributed by atoms with Crippen LogP contribution in [-0.2, 0) is 4.79 Å². The SMILES string of the molecule is CC.CC(=O)O.CN. The fraction of sp³-hybridized carbons (Fsp3) is 0.800. The van der Waals surface area contributed by atoms with Crippen molar-refractivity contribution in [2.24, 2.45) is 5.73 Å². The van der Waals surface area contributed by atoms with Gasteiger partial charge in [0.2, 0.25) is 0 Å². The number of rotatable bonds is 0. The van der Waals surface area contributed by atoms with Gasteiger partial charge in [-0.05, 0) is 7.05 Å². The summed E-state index contributed by atoms with van der Waals surface area (Å²) in [6, 6.07) is 0. The van der Waals surface area contributed by atoms with Gasteiger partial charge in [-0.15, -0.1) is 0 Å². The van der Waals surface area contributed by atoms with Crippen LogP contribution in [0.3, 0.4) is 0 Å². The molecular formula is C5H15NO2. The van der Waals surface area contributed by atoms with E-state index in [9.17, 15) is 0 Å². The molecule has 3 N–H and O–H groups in total. The number of carbonyl (C=O) groups is 1. The molecule has 0 saturated carbocycles. The van der Waals surface area contributed by atoms with Crippen molar-refractivity contribution in [2.45, 2.75) is 20.8 Å². The van der Waals surface area contributed by atoms with Crippen LogP contribution in [0, 0.1) is 0 Å².